The van der Waals surface area contributed by atoms with Crippen molar-refractivity contribution in [3.63, 3.8) is 0 Å². The zero-order valence-electron chi connectivity index (χ0n) is 33.6. The van der Waals surface area contributed by atoms with Gasteiger partial charge in [-0.05, 0) is 51.4 Å². The van der Waals surface area contributed by atoms with Gasteiger partial charge in [-0.2, -0.15) is 8.42 Å². The first-order valence-electron chi connectivity index (χ1n) is 21.0. The van der Waals surface area contributed by atoms with Crippen LogP contribution in [0.2, 0.25) is 0 Å². The molecule has 0 saturated carbocycles. The summed E-state index contributed by atoms with van der Waals surface area (Å²) in [6, 6.07) is -1.15. The van der Waals surface area contributed by atoms with Crippen molar-refractivity contribution in [3.8, 4) is 0 Å². The molecule has 1 aliphatic rings. The molecule has 0 bridgehead atoms. The summed E-state index contributed by atoms with van der Waals surface area (Å²) >= 11 is 0. The highest BCUT2D eigenvalue weighted by Crippen LogP contribution is 2.26. The highest BCUT2D eigenvalue weighted by atomic mass is 32.3. The number of rotatable bonds is 34. The van der Waals surface area contributed by atoms with Gasteiger partial charge in [-0.15, -0.1) is 0 Å². The summed E-state index contributed by atoms with van der Waals surface area (Å²) < 4.78 is 47.3. The highest BCUT2D eigenvalue weighted by molar-refractivity contribution is 7.80. The molecule has 7 N–H and O–H groups in total. The Morgan fingerprint density at radius 2 is 1.22 bits per heavy atom. The van der Waals surface area contributed by atoms with Crippen molar-refractivity contribution in [2.75, 3.05) is 13.2 Å². The van der Waals surface area contributed by atoms with E-state index >= 15 is 0 Å². The van der Waals surface area contributed by atoms with Gasteiger partial charge in [-0.25, -0.2) is 4.18 Å². The number of aliphatic hydroxyl groups is 5. The summed E-state index contributed by atoms with van der Waals surface area (Å²) in [5, 5.41) is 54.8. The summed E-state index contributed by atoms with van der Waals surface area (Å²) in [5.74, 6) is -0.750. The van der Waals surface area contributed by atoms with E-state index in [1.165, 1.54) is 83.1 Å². The summed E-state index contributed by atoms with van der Waals surface area (Å²) in [7, 11) is -5.12. The zero-order chi connectivity index (χ0) is 40.7. The van der Waals surface area contributed by atoms with Gasteiger partial charge in [-0.3, -0.25) is 9.35 Å². The van der Waals surface area contributed by atoms with Crippen LogP contribution in [0.15, 0.2) is 36.5 Å². The van der Waals surface area contributed by atoms with Crippen molar-refractivity contribution in [3.05, 3.63) is 36.5 Å². The molecule has 1 heterocycles. The van der Waals surface area contributed by atoms with Gasteiger partial charge in [0.2, 0.25) is 5.91 Å². The molecule has 0 aromatic carbocycles. The normalized spacial score (nSPS) is 22.5. The average molecular weight is 806 g/mol. The number of amides is 1. The molecule has 1 rings (SSSR count). The van der Waals surface area contributed by atoms with Gasteiger partial charge < -0.3 is 40.3 Å². The first kappa shape index (κ1) is 51.3. The van der Waals surface area contributed by atoms with Gasteiger partial charge in [0, 0.05) is 0 Å². The van der Waals surface area contributed by atoms with Gasteiger partial charge in [0.1, 0.15) is 30.5 Å². The fourth-order valence-electron chi connectivity index (χ4n) is 6.36. The molecular weight excluding hydrogens is 731 g/mol. The van der Waals surface area contributed by atoms with E-state index in [0.717, 1.165) is 44.9 Å². The van der Waals surface area contributed by atoms with E-state index in [4.69, 9.17) is 14.0 Å². The molecule has 55 heavy (non-hydrogen) atoms. The Balaban J connectivity index is 2.66. The van der Waals surface area contributed by atoms with Crippen molar-refractivity contribution >= 4 is 16.3 Å². The van der Waals surface area contributed by atoms with Crippen LogP contribution in [0.5, 0.6) is 0 Å². The van der Waals surface area contributed by atoms with Gasteiger partial charge in [0.25, 0.3) is 0 Å². The van der Waals surface area contributed by atoms with Gasteiger partial charge in [-0.1, -0.05) is 140 Å². The van der Waals surface area contributed by atoms with E-state index in [-0.39, 0.29) is 6.42 Å². The number of carbonyl (C=O) groups excluding carboxylic acids is 1. The largest absolute Gasteiger partial charge is 0.397 e. The number of nitrogens with one attached hydrogen (secondary N) is 1. The number of hydrogen-bond donors (Lipinski definition) is 7. The molecule has 13 nitrogen and oxygen atoms in total. The Hall–Kier alpha value is -1.72. The molecule has 1 fully saturated rings. The second kappa shape index (κ2) is 32.3. The maximum absolute atomic E-state index is 13.0. The van der Waals surface area contributed by atoms with Crippen LogP contribution in [0.1, 0.15) is 155 Å². The van der Waals surface area contributed by atoms with Crippen LogP contribution in [0.3, 0.4) is 0 Å². The molecule has 0 aliphatic carbocycles. The fourth-order valence-corrected chi connectivity index (χ4v) is 6.87. The van der Waals surface area contributed by atoms with E-state index in [2.05, 4.69) is 35.5 Å². The average Bonchev–Trinajstić information content (AvgIpc) is 3.15. The predicted molar refractivity (Wildman–Crippen MR) is 214 cm³/mol. The number of ether oxygens (including phenoxy) is 2. The molecule has 1 saturated heterocycles. The van der Waals surface area contributed by atoms with Crippen molar-refractivity contribution in [2.45, 2.75) is 204 Å². The number of hydrogen-bond acceptors (Lipinski definition) is 11. The predicted octanol–water partition coefficient (Wildman–Crippen LogP) is 6.13. The molecule has 1 amide bonds. The van der Waals surface area contributed by atoms with Crippen LogP contribution >= 0.6 is 0 Å². The number of unbranched alkanes of at least 4 members (excludes halogenated alkanes) is 17. The second-order valence-corrected chi connectivity index (χ2v) is 15.8. The third-order valence-corrected chi connectivity index (χ3v) is 10.2. The second-order valence-electron chi connectivity index (χ2n) is 14.7. The van der Waals surface area contributed by atoms with Crippen LogP contribution in [0.4, 0.5) is 0 Å². The van der Waals surface area contributed by atoms with Gasteiger partial charge in [0.15, 0.2) is 6.29 Å². The summed E-state index contributed by atoms with van der Waals surface area (Å²) in [5.41, 5.74) is 0. The van der Waals surface area contributed by atoms with E-state index < -0.39 is 78.5 Å². The zero-order valence-corrected chi connectivity index (χ0v) is 34.4. The fraction of sp³-hybridized carbons (Fsp3) is 0.829. The van der Waals surface area contributed by atoms with E-state index in [9.17, 15) is 38.7 Å². The lowest BCUT2D eigenvalue weighted by molar-refractivity contribution is -0.298. The van der Waals surface area contributed by atoms with Crippen molar-refractivity contribution in [2.24, 2.45) is 0 Å². The first-order valence-corrected chi connectivity index (χ1v) is 22.3. The lowest BCUT2D eigenvalue weighted by Gasteiger charge is -2.41. The van der Waals surface area contributed by atoms with Crippen molar-refractivity contribution in [1.29, 1.82) is 0 Å². The van der Waals surface area contributed by atoms with Crippen molar-refractivity contribution < 1.29 is 57.0 Å². The SMILES string of the molecule is CCCCCC/C=C\CCC(O)C(=O)NC(COC1OC(CO)C(O)C(OS(=O)(=O)O)C1O)C(O)/C=C/CC/C=C/CCCCCCCCCCCCCC. The minimum absolute atomic E-state index is 0.150. The van der Waals surface area contributed by atoms with Crippen LogP contribution in [0, 0.1) is 0 Å². The van der Waals surface area contributed by atoms with Gasteiger partial charge >= 0.3 is 10.4 Å². The Morgan fingerprint density at radius 1 is 0.727 bits per heavy atom. The third-order valence-electron chi connectivity index (χ3n) is 9.76. The van der Waals surface area contributed by atoms with E-state index in [1.54, 1.807) is 6.08 Å². The quantitative estimate of drug-likeness (QED) is 0.0223. The maximum Gasteiger partial charge on any atom is 0.397 e. The summed E-state index contributed by atoms with van der Waals surface area (Å²) in [4.78, 5) is 13.0. The number of aliphatic hydroxyl groups excluding tert-OH is 5. The number of carbonyl (C=O) groups is 1. The lowest BCUT2D eigenvalue weighted by atomic mass is 9.99. The minimum Gasteiger partial charge on any atom is -0.394 e. The monoisotopic (exact) mass is 806 g/mol. The molecule has 0 radical (unpaired) electrons. The molecule has 0 spiro atoms. The van der Waals surface area contributed by atoms with Gasteiger partial charge in [0.05, 0.1) is 25.4 Å². The Kier molecular flexibility index (Phi) is 30.1. The molecule has 1 aliphatic heterocycles. The molecule has 322 valence electrons. The summed E-state index contributed by atoms with van der Waals surface area (Å²) in [6.07, 6.45) is 24.2. The molecule has 8 atom stereocenters. The highest BCUT2D eigenvalue weighted by Gasteiger charge is 2.48. The van der Waals surface area contributed by atoms with Crippen LogP contribution in [-0.4, -0.2) is 107 Å². The minimum atomic E-state index is -5.12. The molecular formula is C41H75NO12S. The third kappa shape index (κ3) is 25.3. The smallest absolute Gasteiger partial charge is 0.394 e. The van der Waals surface area contributed by atoms with Crippen LogP contribution in [0.25, 0.3) is 0 Å². The number of allylic oxidation sites excluding steroid dienone is 5. The topological polar surface area (TPSA) is 212 Å². The Labute approximate surface area is 331 Å². The maximum atomic E-state index is 13.0. The van der Waals surface area contributed by atoms with Crippen LogP contribution < -0.4 is 5.32 Å². The molecule has 0 aromatic heterocycles. The molecule has 8 unspecified atom stereocenters. The molecule has 14 heteroatoms. The lowest BCUT2D eigenvalue weighted by Crippen LogP contribution is -2.61. The van der Waals surface area contributed by atoms with E-state index in [1.807, 2.05) is 12.2 Å². The summed E-state index contributed by atoms with van der Waals surface area (Å²) in [6.45, 7) is 3.10. The van der Waals surface area contributed by atoms with E-state index in [0.29, 0.717) is 12.8 Å². The Bertz CT molecular complexity index is 1150. The Morgan fingerprint density at radius 3 is 1.76 bits per heavy atom. The molecule has 0 aromatic rings. The standard InChI is InChI=1S/C41H75NO12S/c1-3-5-7-9-11-13-14-15-16-17-18-19-20-21-22-24-25-27-29-34(44)33(42-40(48)35(45)30-28-26-23-12-10-8-6-4-2)32-52-41-38(47)39(54-55(49,50)51)37(46)36(31-43)53-41/h21-23,26-27,29,33-39,41,43-47H,3-20,24-25,28,30-32H2,1-2H3,(H,42,48)(H,49,50,51)/b22-21+,26-23-,29-27+. The van der Waals surface area contributed by atoms with Crippen LogP contribution in [-0.2, 0) is 28.9 Å². The van der Waals surface area contributed by atoms with Crippen molar-refractivity contribution in [1.82, 2.24) is 5.32 Å². The first-order chi connectivity index (χ1) is 26.4.